The minimum atomic E-state index is 0.00872. The first-order valence-corrected chi connectivity index (χ1v) is 8.14. The molecule has 1 heterocycles. The lowest BCUT2D eigenvalue weighted by Crippen LogP contribution is -2.44. The topological polar surface area (TPSA) is 41.6 Å². The van der Waals surface area contributed by atoms with Crippen LogP contribution < -0.4 is 5.32 Å². The molecule has 0 aromatic heterocycles. The van der Waals surface area contributed by atoms with Crippen LogP contribution in [-0.2, 0) is 11.3 Å². The van der Waals surface area contributed by atoms with E-state index in [9.17, 15) is 4.79 Å². The summed E-state index contributed by atoms with van der Waals surface area (Å²) in [7, 11) is 0. The predicted molar refractivity (Wildman–Crippen MR) is 88.7 cm³/mol. The molecule has 0 spiro atoms. The molecule has 2 rings (SSSR count). The van der Waals surface area contributed by atoms with Crippen LogP contribution in [-0.4, -0.2) is 36.7 Å². The minimum Gasteiger partial charge on any atom is -0.375 e. The molecule has 1 atom stereocenters. The number of hydrogen-bond acceptors (Lipinski definition) is 2. The van der Waals surface area contributed by atoms with Crippen molar-refractivity contribution in [1.29, 1.82) is 0 Å². The van der Waals surface area contributed by atoms with Gasteiger partial charge in [0.05, 0.1) is 19.3 Å². The van der Waals surface area contributed by atoms with Gasteiger partial charge in [-0.2, -0.15) is 0 Å². The summed E-state index contributed by atoms with van der Waals surface area (Å²) in [5.74, 6) is 0. The molecule has 1 aliphatic rings. The Bertz CT molecular complexity index is 473. The molecule has 0 fully saturated rings. The first kappa shape index (κ1) is 16.6. The molecule has 0 aliphatic carbocycles. The van der Waals surface area contributed by atoms with E-state index in [2.05, 4.69) is 24.4 Å². The van der Waals surface area contributed by atoms with Crippen LogP contribution >= 0.6 is 0 Å². The molecule has 2 amide bonds. The maximum atomic E-state index is 12.2. The number of nitrogens with zero attached hydrogens (tertiary/aromatic N) is 1. The summed E-state index contributed by atoms with van der Waals surface area (Å²) in [6.07, 6.45) is 7.57. The molecule has 1 N–H and O–H groups in total. The van der Waals surface area contributed by atoms with Crippen molar-refractivity contribution in [1.82, 2.24) is 10.2 Å². The van der Waals surface area contributed by atoms with Crippen molar-refractivity contribution in [2.24, 2.45) is 0 Å². The summed E-state index contributed by atoms with van der Waals surface area (Å²) in [6.45, 7) is 4.55. The van der Waals surface area contributed by atoms with Gasteiger partial charge in [-0.25, -0.2) is 4.79 Å². The van der Waals surface area contributed by atoms with Crippen LogP contribution in [0.5, 0.6) is 0 Å². The Morgan fingerprint density at radius 2 is 2.18 bits per heavy atom. The zero-order chi connectivity index (χ0) is 15.6. The normalized spacial score (nSPS) is 17.0. The second-order valence-electron chi connectivity index (χ2n) is 5.56. The molecule has 4 heteroatoms. The van der Waals surface area contributed by atoms with Gasteiger partial charge in [0.15, 0.2) is 0 Å². The van der Waals surface area contributed by atoms with Gasteiger partial charge in [0, 0.05) is 13.1 Å². The molecule has 0 unspecified atom stereocenters. The van der Waals surface area contributed by atoms with Crippen LogP contribution in [0.2, 0.25) is 0 Å². The van der Waals surface area contributed by atoms with E-state index in [1.165, 1.54) is 0 Å². The van der Waals surface area contributed by atoms with E-state index in [4.69, 9.17) is 4.74 Å². The zero-order valence-electron chi connectivity index (χ0n) is 13.3. The maximum absolute atomic E-state index is 12.2. The van der Waals surface area contributed by atoms with Gasteiger partial charge >= 0.3 is 6.03 Å². The van der Waals surface area contributed by atoms with Crippen molar-refractivity contribution in [2.45, 2.75) is 38.8 Å². The third kappa shape index (κ3) is 5.19. The highest BCUT2D eigenvalue weighted by atomic mass is 16.5. The highest BCUT2D eigenvalue weighted by molar-refractivity contribution is 5.75. The number of hydrogen-bond donors (Lipinski definition) is 1. The van der Waals surface area contributed by atoms with Crippen molar-refractivity contribution >= 4 is 6.03 Å². The van der Waals surface area contributed by atoms with Crippen molar-refractivity contribution in [3.63, 3.8) is 0 Å². The van der Waals surface area contributed by atoms with Gasteiger partial charge in [0.1, 0.15) is 0 Å². The molecule has 22 heavy (non-hydrogen) atoms. The van der Waals surface area contributed by atoms with Crippen LogP contribution in [0.25, 0.3) is 0 Å². The Balaban J connectivity index is 1.61. The smallest absolute Gasteiger partial charge is 0.318 e. The van der Waals surface area contributed by atoms with E-state index in [-0.39, 0.29) is 12.1 Å². The largest absolute Gasteiger partial charge is 0.375 e. The van der Waals surface area contributed by atoms with Crippen LogP contribution in [0.15, 0.2) is 42.5 Å². The van der Waals surface area contributed by atoms with Gasteiger partial charge in [-0.1, -0.05) is 62.2 Å². The van der Waals surface area contributed by atoms with Gasteiger partial charge in [-0.3, -0.25) is 0 Å². The maximum Gasteiger partial charge on any atom is 0.318 e. The summed E-state index contributed by atoms with van der Waals surface area (Å²) in [5.41, 5.74) is 1.15. The SMILES string of the molecule is CCCC[C@@H]1C=CCN1C(=O)NCCOCc1ccccc1. The Morgan fingerprint density at radius 1 is 1.36 bits per heavy atom. The lowest BCUT2D eigenvalue weighted by Gasteiger charge is -2.24. The van der Waals surface area contributed by atoms with E-state index in [1.807, 2.05) is 35.2 Å². The van der Waals surface area contributed by atoms with E-state index < -0.39 is 0 Å². The van der Waals surface area contributed by atoms with Crippen LogP contribution in [0.1, 0.15) is 31.7 Å². The first-order valence-electron chi connectivity index (χ1n) is 8.14. The van der Waals surface area contributed by atoms with Crippen LogP contribution in [0, 0.1) is 0 Å². The fraction of sp³-hybridized carbons (Fsp3) is 0.500. The van der Waals surface area contributed by atoms with E-state index >= 15 is 0 Å². The molecular weight excluding hydrogens is 276 g/mol. The molecule has 1 aliphatic heterocycles. The lowest BCUT2D eigenvalue weighted by atomic mass is 10.1. The van der Waals surface area contributed by atoms with Gasteiger partial charge in [0.25, 0.3) is 0 Å². The van der Waals surface area contributed by atoms with E-state index in [1.54, 1.807) is 0 Å². The molecule has 0 radical (unpaired) electrons. The van der Waals surface area contributed by atoms with Crippen molar-refractivity contribution in [3.05, 3.63) is 48.0 Å². The van der Waals surface area contributed by atoms with Gasteiger partial charge in [-0.05, 0) is 12.0 Å². The van der Waals surface area contributed by atoms with Crippen LogP contribution in [0.4, 0.5) is 4.79 Å². The molecule has 4 nitrogen and oxygen atoms in total. The number of benzene rings is 1. The number of amides is 2. The second-order valence-corrected chi connectivity index (χ2v) is 5.56. The summed E-state index contributed by atoms with van der Waals surface area (Å²) < 4.78 is 5.58. The molecule has 1 aromatic carbocycles. The summed E-state index contributed by atoms with van der Waals surface area (Å²) in [4.78, 5) is 14.1. The Morgan fingerprint density at radius 3 is 2.95 bits per heavy atom. The molecule has 0 bridgehead atoms. The molecule has 0 saturated heterocycles. The molecule has 0 saturated carbocycles. The number of rotatable bonds is 8. The number of unbranched alkanes of at least 4 members (excludes halogenated alkanes) is 1. The Kier molecular flexibility index (Phi) is 6.97. The third-order valence-electron chi connectivity index (χ3n) is 3.81. The van der Waals surface area contributed by atoms with E-state index in [0.717, 1.165) is 24.8 Å². The fourth-order valence-corrected chi connectivity index (χ4v) is 2.57. The Labute approximate surface area is 133 Å². The second kappa shape index (κ2) is 9.26. The number of carbonyl (C=O) groups excluding carboxylic acids is 1. The molecular formula is C18H26N2O2. The lowest BCUT2D eigenvalue weighted by molar-refractivity contribution is 0.121. The average molecular weight is 302 g/mol. The summed E-state index contributed by atoms with van der Waals surface area (Å²) in [5, 5.41) is 2.94. The summed E-state index contributed by atoms with van der Waals surface area (Å²) >= 11 is 0. The number of nitrogens with one attached hydrogen (secondary N) is 1. The van der Waals surface area contributed by atoms with Crippen molar-refractivity contribution < 1.29 is 9.53 Å². The predicted octanol–water partition coefficient (Wildman–Crippen LogP) is 3.34. The highest BCUT2D eigenvalue weighted by Crippen LogP contribution is 2.15. The average Bonchev–Trinajstić information content (AvgIpc) is 3.02. The number of carbonyl (C=O) groups is 1. The van der Waals surface area contributed by atoms with Gasteiger partial charge < -0.3 is 15.0 Å². The van der Waals surface area contributed by atoms with Gasteiger partial charge in [-0.15, -0.1) is 0 Å². The zero-order valence-corrected chi connectivity index (χ0v) is 13.3. The fourth-order valence-electron chi connectivity index (χ4n) is 2.57. The number of urea groups is 1. The quantitative estimate of drug-likeness (QED) is 0.591. The first-order chi connectivity index (χ1) is 10.8. The molecule has 120 valence electrons. The van der Waals surface area contributed by atoms with E-state index in [0.29, 0.717) is 26.3 Å². The Hall–Kier alpha value is -1.81. The minimum absolute atomic E-state index is 0.00872. The van der Waals surface area contributed by atoms with Crippen LogP contribution in [0.3, 0.4) is 0 Å². The standard InChI is InChI=1S/C18H26N2O2/c1-2-3-10-17-11-7-13-20(17)18(21)19-12-14-22-15-16-8-5-4-6-9-16/h4-9,11,17H,2-3,10,12-15H2,1H3,(H,19,21)/t17-/m1/s1. The summed E-state index contributed by atoms with van der Waals surface area (Å²) in [6, 6.07) is 10.3. The number of ether oxygens (including phenoxy) is 1. The van der Waals surface area contributed by atoms with Gasteiger partial charge in [0.2, 0.25) is 0 Å². The van der Waals surface area contributed by atoms with Crippen molar-refractivity contribution in [3.8, 4) is 0 Å². The highest BCUT2D eigenvalue weighted by Gasteiger charge is 2.23. The van der Waals surface area contributed by atoms with Crippen molar-refractivity contribution in [2.75, 3.05) is 19.7 Å². The third-order valence-corrected chi connectivity index (χ3v) is 3.81. The molecule has 1 aromatic rings. The monoisotopic (exact) mass is 302 g/mol.